The van der Waals surface area contributed by atoms with Gasteiger partial charge in [0, 0.05) is 87.7 Å². The lowest BCUT2D eigenvalue weighted by Gasteiger charge is -2.15. The molecule has 0 N–H and O–H groups in total. The fraction of sp³-hybridized carbons (Fsp3) is 0.261. The van der Waals surface area contributed by atoms with Crippen molar-refractivity contribution in [2.24, 2.45) is 14.1 Å². The standard InChI is InChI=1S/2C23H23N7O3/c2*1-15(22-27-26-21-5-4-16(14-30(21)22)17-11-25-28(2)13-17)29-7-6-20-19(23(29)31)10-18(12-24-20)33-9-8-32-3/h2*4-7,10-15H,8-9H2,1-3H3/t2*15-/m10/s1. The topological polar surface area (TPSA) is 203 Å². The number of aryl methyl sites for hydroxylation is 2. The first kappa shape index (κ1) is 43.2. The van der Waals surface area contributed by atoms with E-state index in [2.05, 4.69) is 40.6 Å². The summed E-state index contributed by atoms with van der Waals surface area (Å²) in [6, 6.07) is 14.1. The fourth-order valence-corrected chi connectivity index (χ4v) is 7.61. The van der Waals surface area contributed by atoms with Gasteiger partial charge in [-0.3, -0.25) is 37.7 Å². The van der Waals surface area contributed by atoms with Crippen molar-refractivity contribution in [3.63, 3.8) is 0 Å². The second-order valence-electron chi connectivity index (χ2n) is 15.5. The molecule has 336 valence electrons. The maximum absolute atomic E-state index is 13.3. The summed E-state index contributed by atoms with van der Waals surface area (Å²) < 4.78 is 31.9. The number of pyridine rings is 6. The van der Waals surface area contributed by atoms with E-state index in [0.29, 0.717) is 82.7 Å². The zero-order valence-corrected chi connectivity index (χ0v) is 37.1. The second-order valence-corrected chi connectivity index (χ2v) is 15.5. The Labute approximate surface area is 376 Å². The lowest BCUT2D eigenvalue weighted by atomic mass is 10.1. The maximum Gasteiger partial charge on any atom is 0.260 e. The number of nitrogens with zero attached hydrogens (tertiary/aromatic N) is 14. The Morgan fingerprint density at radius 3 is 1.36 bits per heavy atom. The van der Waals surface area contributed by atoms with E-state index < -0.39 is 0 Å². The van der Waals surface area contributed by atoms with Crippen LogP contribution in [0.1, 0.15) is 37.6 Å². The predicted molar refractivity (Wildman–Crippen MR) is 245 cm³/mol. The molecule has 20 heteroatoms. The summed E-state index contributed by atoms with van der Waals surface area (Å²) in [5.41, 5.74) is 6.20. The van der Waals surface area contributed by atoms with E-state index in [1.54, 1.807) is 69.6 Å². The molecule has 0 aliphatic carbocycles. The number of hydrogen-bond donors (Lipinski definition) is 0. The lowest BCUT2D eigenvalue weighted by Crippen LogP contribution is -2.25. The Morgan fingerprint density at radius 2 is 0.970 bits per heavy atom. The third kappa shape index (κ3) is 8.61. The Hall–Kier alpha value is -8.10. The summed E-state index contributed by atoms with van der Waals surface area (Å²) in [4.78, 5) is 35.4. The van der Waals surface area contributed by atoms with Crippen LogP contribution in [-0.4, -0.2) is 109 Å². The summed E-state index contributed by atoms with van der Waals surface area (Å²) >= 11 is 0. The Kier molecular flexibility index (Phi) is 12.1. The highest BCUT2D eigenvalue weighted by Crippen LogP contribution is 2.25. The largest absolute Gasteiger partial charge is 0.490 e. The highest BCUT2D eigenvalue weighted by molar-refractivity contribution is 5.79. The van der Waals surface area contributed by atoms with E-state index in [4.69, 9.17) is 18.9 Å². The van der Waals surface area contributed by atoms with Crippen molar-refractivity contribution >= 4 is 33.1 Å². The molecule has 10 aromatic rings. The van der Waals surface area contributed by atoms with Crippen molar-refractivity contribution in [3.8, 4) is 33.8 Å². The van der Waals surface area contributed by atoms with Gasteiger partial charge in [0.1, 0.15) is 24.7 Å². The molecular weight excluding hydrogens is 845 g/mol. The van der Waals surface area contributed by atoms with E-state index >= 15 is 0 Å². The van der Waals surface area contributed by atoms with Crippen LogP contribution in [-0.2, 0) is 23.6 Å². The molecular formula is C46H46N14O6. The van der Waals surface area contributed by atoms with Crippen LogP contribution in [0.3, 0.4) is 0 Å². The molecule has 0 bridgehead atoms. The van der Waals surface area contributed by atoms with E-state index in [-0.39, 0.29) is 23.2 Å². The molecule has 0 amide bonds. The van der Waals surface area contributed by atoms with Gasteiger partial charge >= 0.3 is 0 Å². The van der Waals surface area contributed by atoms with Gasteiger partial charge in [-0.1, -0.05) is 0 Å². The number of fused-ring (bicyclic) bond motifs is 4. The van der Waals surface area contributed by atoms with Gasteiger partial charge in [-0.2, -0.15) is 10.2 Å². The number of aromatic nitrogens is 14. The van der Waals surface area contributed by atoms with Gasteiger partial charge in [-0.05, 0) is 62.4 Å². The first-order chi connectivity index (χ1) is 32.1. The van der Waals surface area contributed by atoms with Gasteiger partial charge in [0.15, 0.2) is 22.9 Å². The molecule has 10 heterocycles. The van der Waals surface area contributed by atoms with Crippen LogP contribution in [0.2, 0.25) is 0 Å². The van der Waals surface area contributed by atoms with Gasteiger partial charge in [0.25, 0.3) is 11.1 Å². The van der Waals surface area contributed by atoms with Crippen LogP contribution >= 0.6 is 0 Å². The summed E-state index contributed by atoms with van der Waals surface area (Å²) in [5, 5.41) is 26.8. The van der Waals surface area contributed by atoms with Crippen molar-refractivity contribution in [3.05, 3.63) is 143 Å². The molecule has 0 aliphatic heterocycles. The normalized spacial score (nSPS) is 12.5. The van der Waals surface area contributed by atoms with E-state index in [9.17, 15) is 9.59 Å². The molecule has 10 aromatic heterocycles. The molecule has 0 aliphatic rings. The summed E-state index contributed by atoms with van der Waals surface area (Å²) in [5.74, 6) is 2.35. The van der Waals surface area contributed by atoms with Gasteiger partial charge in [-0.15, -0.1) is 20.4 Å². The molecule has 0 fully saturated rings. The molecule has 10 rings (SSSR count). The van der Waals surface area contributed by atoms with Crippen LogP contribution < -0.4 is 20.6 Å². The zero-order chi connectivity index (χ0) is 45.9. The van der Waals surface area contributed by atoms with Crippen molar-refractivity contribution in [1.29, 1.82) is 0 Å². The quantitative estimate of drug-likeness (QED) is 0.133. The fourth-order valence-electron chi connectivity index (χ4n) is 7.61. The first-order valence-electron chi connectivity index (χ1n) is 21.0. The highest BCUT2D eigenvalue weighted by Gasteiger charge is 2.21. The number of rotatable bonds is 14. The smallest absolute Gasteiger partial charge is 0.260 e. The molecule has 0 aromatic carbocycles. The summed E-state index contributed by atoms with van der Waals surface area (Å²) in [7, 11) is 6.97. The van der Waals surface area contributed by atoms with E-state index in [1.807, 2.05) is 110 Å². The second kappa shape index (κ2) is 18.6. The van der Waals surface area contributed by atoms with E-state index in [0.717, 1.165) is 22.3 Å². The highest BCUT2D eigenvalue weighted by atomic mass is 16.5. The molecule has 0 radical (unpaired) electrons. The van der Waals surface area contributed by atoms with Gasteiger partial charge in [-0.25, -0.2) is 0 Å². The number of ether oxygens (including phenoxy) is 4. The average molecular weight is 891 g/mol. The van der Waals surface area contributed by atoms with Crippen molar-refractivity contribution in [2.75, 3.05) is 40.6 Å². The number of methoxy groups -OCH3 is 2. The SMILES string of the molecule is COCCOc1cnc2ccn([C@@H](C)c3nnc4ccc(-c5cnn(C)c5)cn34)c(=O)c2c1.COCCOc1cnc2ccn([C@H](C)c3nnc4ccc(-c5cnn(C)c5)cn34)c(=O)c2c1. The van der Waals surface area contributed by atoms with Crippen LogP contribution in [0.15, 0.2) is 120 Å². The van der Waals surface area contributed by atoms with Crippen LogP contribution in [0.4, 0.5) is 0 Å². The number of hydrogen-bond acceptors (Lipinski definition) is 14. The minimum Gasteiger partial charge on any atom is -0.490 e. The average Bonchev–Trinajstić information content (AvgIpc) is 4.16. The minimum atomic E-state index is -0.362. The Morgan fingerprint density at radius 1 is 0.530 bits per heavy atom. The van der Waals surface area contributed by atoms with Gasteiger partial charge in [0.2, 0.25) is 0 Å². The summed E-state index contributed by atoms with van der Waals surface area (Å²) in [6.07, 6.45) is 18.1. The van der Waals surface area contributed by atoms with Crippen LogP contribution in [0.5, 0.6) is 11.5 Å². The van der Waals surface area contributed by atoms with Crippen molar-refractivity contribution in [1.82, 2.24) is 67.9 Å². The maximum atomic E-state index is 13.3. The van der Waals surface area contributed by atoms with Crippen molar-refractivity contribution < 1.29 is 18.9 Å². The molecule has 66 heavy (non-hydrogen) atoms. The molecule has 0 saturated heterocycles. The summed E-state index contributed by atoms with van der Waals surface area (Å²) in [6.45, 7) is 5.52. The lowest BCUT2D eigenvalue weighted by molar-refractivity contribution is 0.146. The molecule has 2 atom stereocenters. The molecule has 0 saturated carbocycles. The Balaban J connectivity index is 0.000000166. The van der Waals surface area contributed by atoms with Crippen LogP contribution in [0, 0.1) is 0 Å². The van der Waals surface area contributed by atoms with Gasteiger partial charge < -0.3 is 28.1 Å². The predicted octanol–water partition coefficient (Wildman–Crippen LogP) is 4.95. The van der Waals surface area contributed by atoms with Crippen molar-refractivity contribution in [2.45, 2.75) is 25.9 Å². The molecule has 20 nitrogen and oxygen atoms in total. The third-order valence-electron chi connectivity index (χ3n) is 11.1. The monoisotopic (exact) mass is 890 g/mol. The minimum absolute atomic E-state index is 0.176. The van der Waals surface area contributed by atoms with E-state index in [1.165, 1.54) is 0 Å². The molecule has 0 spiro atoms. The van der Waals surface area contributed by atoms with Crippen LogP contribution in [0.25, 0.3) is 55.4 Å². The first-order valence-corrected chi connectivity index (χ1v) is 21.0. The third-order valence-corrected chi connectivity index (χ3v) is 11.1. The van der Waals surface area contributed by atoms with Gasteiger partial charge in [0.05, 0.1) is 71.9 Å². The Bertz CT molecular complexity index is 3230. The zero-order valence-electron chi connectivity index (χ0n) is 37.1. The molecule has 0 unspecified atom stereocenters.